The first kappa shape index (κ1) is 19.2. The zero-order valence-corrected chi connectivity index (χ0v) is 16.0. The van der Waals surface area contributed by atoms with E-state index in [1.807, 2.05) is 31.6 Å². The number of hydrogen-bond donors (Lipinski definition) is 2. The van der Waals surface area contributed by atoms with Crippen LogP contribution >= 0.6 is 35.3 Å². The van der Waals surface area contributed by atoms with E-state index in [-0.39, 0.29) is 36.2 Å². The van der Waals surface area contributed by atoms with Crippen molar-refractivity contribution in [2.24, 2.45) is 13.0 Å². The number of carbonyl (C=O) groups excluding carboxylic acids is 1. The minimum atomic E-state index is -0.0660. The number of aromatic nitrogens is 2. The Morgan fingerprint density at radius 2 is 2.33 bits per heavy atom. The van der Waals surface area contributed by atoms with Crippen molar-refractivity contribution < 1.29 is 4.79 Å². The molecule has 1 unspecified atom stereocenters. The Labute approximate surface area is 157 Å². The van der Waals surface area contributed by atoms with Gasteiger partial charge in [-0.15, -0.1) is 23.7 Å². The molecule has 1 aliphatic rings. The summed E-state index contributed by atoms with van der Waals surface area (Å²) in [5, 5.41) is 10.7. The Hall–Kier alpha value is -1.08. The van der Waals surface area contributed by atoms with Gasteiger partial charge in [0.2, 0.25) is 5.91 Å². The van der Waals surface area contributed by atoms with E-state index in [9.17, 15) is 4.79 Å². The van der Waals surface area contributed by atoms with Crippen LogP contribution in [-0.2, 0) is 11.8 Å². The van der Waals surface area contributed by atoms with Gasteiger partial charge in [-0.3, -0.25) is 9.48 Å². The number of rotatable bonds is 5. The molecule has 2 aromatic heterocycles. The van der Waals surface area contributed by atoms with Crippen molar-refractivity contribution in [3.63, 3.8) is 0 Å². The summed E-state index contributed by atoms with van der Waals surface area (Å²) < 4.78 is 2.54. The molecule has 3 rings (SSSR count). The number of thiophene rings is 1. The van der Waals surface area contributed by atoms with Gasteiger partial charge in [0.25, 0.3) is 0 Å². The van der Waals surface area contributed by atoms with E-state index in [2.05, 4.69) is 22.7 Å². The van der Waals surface area contributed by atoms with Crippen LogP contribution in [0.25, 0.3) is 0 Å². The van der Waals surface area contributed by atoms with Crippen LogP contribution in [0.4, 0.5) is 0 Å². The molecule has 5 nitrogen and oxygen atoms in total. The molecule has 1 aliphatic heterocycles. The average molecular weight is 389 g/mol. The molecule has 0 aromatic carbocycles. The molecule has 1 saturated heterocycles. The van der Waals surface area contributed by atoms with Gasteiger partial charge in [0.1, 0.15) is 0 Å². The third kappa shape index (κ3) is 4.11. The van der Waals surface area contributed by atoms with E-state index in [4.69, 9.17) is 11.6 Å². The van der Waals surface area contributed by atoms with E-state index < -0.39 is 0 Å². The second-order valence-corrected chi connectivity index (χ2v) is 7.68. The highest BCUT2D eigenvalue weighted by Gasteiger charge is 2.35. The van der Waals surface area contributed by atoms with E-state index in [0.717, 1.165) is 27.7 Å². The fraction of sp³-hybridized carbons (Fsp3) is 0.500. The van der Waals surface area contributed by atoms with Crippen LogP contribution in [0.1, 0.15) is 35.7 Å². The monoisotopic (exact) mass is 388 g/mol. The van der Waals surface area contributed by atoms with Gasteiger partial charge in [-0.05, 0) is 24.1 Å². The lowest BCUT2D eigenvalue weighted by molar-refractivity contribution is -0.125. The smallest absolute Gasteiger partial charge is 0.225 e. The lowest BCUT2D eigenvalue weighted by atomic mass is 9.90. The average Bonchev–Trinajstić information content (AvgIpc) is 3.24. The zero-order chi connectivity index (χ0) is 16.4. The number of hydrogen-bond acceptors (Lipinski definition) is 4. The summed E-state index contributed by atoms with van der Waals surface area (Å²) in [6.07, 6.45) is 4.70. The molecule has 1 fully saturated rings. The molecule has 24 heavy (non-hydrogen) atoms. The molecule has 3 heterocycles. The maximum absolute atomic E-state index is 12.8. The quantitative estimate of drug-likeness (QED) is 0.826. The fourth-order valence-corrected chi connectivity index (χ4v) is 4.30. The van der Waals surface area contributed by atoms with Crippen molar-refractivity contribution in [1.29, 1.82) is 0 Å². The first-order valence-corrected chi connectivity index (χ1v) is 9.02. The molecule has 1 amide bonds. The van der Waals surface area contributed by atoms with Gasteiger partial charge in [-0.25, -0.2) is 0 Å². The number of aryl methyl sites for hydroxylation is 1. The largest absolute Gasteiger partial charge is 0.348 e. The summed E-state index contributed by atoms with van der Waals surface area (Å²) in [6.45, 7) is 3.59. The number of nitrogens with zero attached hydrogens (tertiary/aromatic N) is 2. The van der Waals surface area contributed by atoms with Crippen molar-refractivity contribution in [1.82, 2.24) is 20.4 Å². The van der Waals surface area contributed by atoms with Gasteiger partial charge in [0.05, 0.1) is 22.5 Å². The number of halogens is 2. The third-order valence-corrected chi connectivity index (χ3v) is 5.71. The Morgan fingerprint density at radius 1 is 1.54 bits per heavy atom. The van der Waals surface area contributed by atoms with Gasteiger partial charge in [0.15, 0.2) is 0 Å². The van der Waals surface area contributed by atoms with Crippen molar-refractivity contribution in [3.8, 4) is 0 Å². The number of nitrogens with one attached hydrogen (secondary N) is 2. The van der Waals surface area contributed by atoms with Crippen LogP contribution < -0.4 is 10.6 Å². The molecule has 0 spiro atoms. The molecule has 2 N–H and O–H groups in total. The molecule has 2 aromatic rings. The van der Waals surface area contributed by atoms with Crippen LogP contribution in [0, 0.1) is 5.92 Å². The van der Waals surface area contributed by atoms with E-state index >= 15 is 0 Å². The maximum Gasteiger partial charge on any atom is 0.225 e. The molecule has 0 bridgehead atoms. The predicted octanol–water partition coefficient (Wildman–Crippen LogP) is 3.13. The van der Waals surface area contributed by atoms with Crippen LogP contribution in [0.2, 0.25) is 4.34 Å². The van der Waals surface area contributed by atoms with Gasteiger partial charge < -0.3 is 10.6 Å². The summed E-state index contributed by atoms with van der Waals surface area (Å²) in [6, 6.07) is 3.90. The van der Waals surface area contributed by atoms with Crippen molar-refractivity contribution in [2.45, 2.75) is 25.3 Å². The Morgan fingerprint density at radius 3 is 2.92 bits per heavy atom. The van der Waals surface area contributed by atoms with E-state index in [1.54, 1.807) is 4.68 Å². The highest BCUT2D eigenvalue weighted by atomic mass is 35.5. The van der Waals surface area contributed by atoms with Crippen LogP contribution in [0.5, 0.6) is 0 Å². The predicted molar refractivity (Wildman–Crippen MR) is 100 cm³/mol. The molecular formula is C16H22Cl2N4OS. The van der Waals surface area contributed by atoms with E-state index in [0.29, 0.717) is 6.54 Å². The normalized spacial score (nSPS) is 21.3. The summed E-state index contributed by atoms with van der Waals surface area (Å²) >= 11 is 7.54. The van der Waals surface area contributed by atoms with Gasteiger partial charge in [-0.2, -0.15) is 5.10 Å². The number of amides is 1. The molecule has 0 aliphatic carbocycles. The van der Waals surface area contributed by atoms with Crippen molar-refractivity contribution in [2.75, 3.05) is 13.1 Å². The Kier molecular flexibility index (Phi) is 6.69. The second kappa shape index (κ2) is 8.34. The van der Waals surface area contributed by atoms with Gasteiger partial charge in [-0.1, -0.05) is 18.5 Å². The Bertz CT molecular complexity index is 687. The topological polar surface area (TPSA) is 59.0 Å². The van der Waals surface area contributed by atoms with Crippen LogP contribution in [0.15, 0.2) is 24.5 Å². The summed E-state index contributed by atoms with van der Waals surface area (Å²) in [5.41, 5.74) is 1.12. The highest BCUT2D eigenvalue weighted by Crippen LogP contribution is 2.31. The molecule has 132 valence electrons. The fourth-order valence-electron chi connectivity index (χ4n) is 3.10. The lowest BCUT2D eigenvalue weighted by Gasteiger charge is -2.21. The van der Waals surface area contributed by atoms with Gasteiger partial charge >= 0.3 is 0 Å². The minimum Gasteiger partial charge on any atom is -0.348 e. The molecule has 8 heteroatoms. The SMILES string of the molecule is CCC(NC(=O)[C@H]1CNC[C@@H]1c1cnn(C)c1)c1ccc(Cl)s1.Cl. The summed E-state index contributed by atoms with van der Waals surface area (Å²) in [4.78, 5) is 13.9. The van der Waals surface area contributed by atoms with Gasteiger partial charge in [0, 0.05) is 37.1 Å². The first-order valence-electron chi connectivity index (χ1n) is 7.83. The van der Waals surface area contributed by atoms with E-state index in [1.165, 1.54) is 11.3 Å². The summed E-state index contributed by atoms with van der Waals surface area (Å²) in [7, 11) is 1.90. The second-order valence-electron chi connectivity index (χ2n) is 5.93. The van der Waals surface area contributed by atoms with Crippen molar-refractivity contribution >= 4 is 41.3 Å². The summed E-state index contributed by atoms with van der Waals surface area (Å²) in [5.74, 6) is 0.206. The minimum absolute atomic E-state index is 0. The van der Waals surface area contributed by atoms with Crippen LogP contribution in [-0.4, -0.2) is 28.8 Å². The zero-order valence-electron chi connectivity index (χ0n) is 13.7. The Balaban J connectivity index is 0.00000208. The standard InChI is InChI=1S/C16H21ClN4OS.ClH/c1-3-13(14-4-5-15(17)23-14)20-16(22)12-8-18-7-11(12)10-6-19-21(2)9-10;/h4-6,9,11-13,18H,3,7-8H2,1-2H3,(H,20,22);1H/t11-,12+,13?;/m1./s1. The molecule has 0 radical (unpaired) electrons. The van der Waals surface area contributed by atoms with Crippen molar-refractivity contribution in [3.05, 3.63) is 39.3 Å². The highest BCUT2D eigenvalue weighted by molar-refractivity contribution is 7.16. The maximum atomic E-state index is 12.8. The molecule has 0 saturated carbocycles. The first-order chi connectivity index (χ1) is 11.1. The number of carbonyl (C=O) groups is 1. The van der Waals surface area contributed by atoms with Crippen LogP contribution in [0.3, 0.4) is 0 Å². The molecule has 3 atom stereocenters. The third-order valence-electron chi connectivity index (χ3n) is 4.37. The lowest BCUT2D eigenvalue weighted by Crippen LogP contribution is -2.36. The molecular weight excluding hydrogens is 367 g/mol.